The Kier molecular flexibility index (Phi) is 10.5. The number of nitrogens with one attached hydrogen (secondary N) is 1. The molecule has 0 aliphatic rings. The minimum Gasteiger partial charge on any atom is -0.352 e. The van der Waals surface area contributed by atoms with Gasteiger partial charge in [-0.15, -0.1) is 0 Å². The third-order valence-electron chi connectivity index (χ3n) is 7.23. The first-order chi connectivity index (χ1) is 21.0. The summed E-state index contributed by atoms with van der Waals surface area (Å²) in [7, 11) is -4.21. The van der Waals surface area contributed by atoms with E-state index in [2.05, 4.69) is 5.32 Å². The molecule has 230 valence electrons. The SMILES string of the molecule is Cc1ccc(N(CC(=O)N(Cc2ccccc2F)[C@H](Cc2ccccc2)C(=O)NC(C)C)S(=O)(=O)c2ccccc2)c(C)c1. The van der Waals surface area contributed by atoms with Crippen molar-refractivity contribution in [2.24, 2.45) is 0 Å². The van der Waals surface area contributed by atoms with Gasteiger partial charge in [-0.25, -0.2) is 12.8 Å². The summed E-state index contributed by atoms with van der Waals surface area (Å²) in [6.07, 6.45) is 0.147. The Morgan fingerprint density at radius 3 is 2.07 bits per heavy atom. The molecule has 0 saturated heterocycles. The van der Waals surface area contributed by atoms with E-state index in [1.54, 1.807) is 55.5 Å². The number of nitrogens with zero attached hydrogens (tertiary/aromatic N) is 2. The molecule has 0 aliphatic heterocycles. The van der Waals surface area contributed by atoms with Gasteiger partial charge in [0, 0.05) is 24.6 Å². The molecule has 1 N–H and O–H groups in total. The third kappa shape index (κ3) is 7.90. The number of rotatable bonds is 12. The molecular weight excluding hydrogens is 577 g/mol. The maximum atomic E-state index is 15.0. The highest BCUT2D eigenvalue weighted by Crippen LogP contribution is 2.28. The van der Waals surface area contributed by atoms with E-state index >= 15 is 0 Å². The van der Waals surface area contributed by atoms with Gasteiger partial charge in [-0.1, -0.05) is 84.4 Å². The van der Waals surface area contributed by atoms with E-state index in [-0.39, 0.29) is 29.5 Å². The summed E-state index contributed by atoms with van der Waals surface area (Å²) in [6, 6.07) is 27.2. The lowest BCUT2D eigenvalue weighted by Crippen LogP contribution is -2.54. The van der Waals surface area contributed by atoms with E-state index in [0.717, 1.165) is 15.4 Å². The number of halogens is 1. The van der Waals surface area contributed by atoms with Crippen LogP contribution in [-0.4, -0.2) is 43.8 Å². The highest BCUT2D eigenvalue weighted by Gasteiger charge is 2.35. The molecule has 7 nitrogen and oxygen atoms in total. The van der Waals surface area contributed by atoms with E-state index in [4.69, 9.17) is 0 Å². The zero-order chi connectivity index (χ0) is 31.9. The van der Waals surface area contributed by atoms with Crippen molar-refractivity contribution in [1.82, 2.24) is 10.2 Å². The summed E-state index contributed by atoms with van der Waals surface area (Å²) in [5, 5.41) is 2.90. The maximum Gasteiger partial charge on any atom is 0.264 e. The zero-order valence-electron chi connectivity index (χ0n) is 25.4. The van der Waals surface area contributed by atoms with Crippen molar-refractivity contribution in [2.45, 2.75) is 57.6 Å². The van der Waals surface area contributed by atoms with Gasteiger partial charge in [-0.3, -0.25) is 13.9 Å². The van der Waals surface area contributed by atoms with Gasteiger partial charge >= 0.3 is 0 Å². The van der Waals surface area contributed by atoms with Crippen molar-refractivity contribution in [1.29, 1.82) is 0 Å². The largest absolute Gasteiger partial charge is 0.352 e. The number of sulfonamides is 1. The quantitative estimate of drug-likeness (QED) is 0.218. The standard InChI is InChI=1S/C35H38FN3O4S/c1-25(2)37-35(41)33(22-28-13-7-5-8-14-28)38(23-29-15-11-12-18-31(29)36)34(40)24-39(32-20-19-26(3)21-27(32)4)44(42,43)30-16-9-6-10-17-30/h5-21,25,33H,22-24H2,1-4H3,(H,37,41)/t33-/m1/s1. The van der Waals surface area contributed by atoms with Crippen molar-refractivity contribution in [3.63, 3.8) is 0 Å². The van der Waals surface area contributed by atoms with Crippen LogP contribution in [-0.2, 0) is 32.6 Å². The van der Waals surface area contributed by atoms with Gasteiger partial charge < -0.3 is 10.2 Å². The molecule has 9 heteroatoms. The Balaban J connectivity index is 1.83. The minimum atomic E-state index is -4.21. The highest BCUT2D eigenvalue weighted by molar-refractivity contribution is 7.92. The van der Waals surface area contributed by atoms with Gasteiger partial charge in [0.2, 0.25) is 11.8 Å². The third-order valence-corrected chi connectivity index (χ3v) is 9.01. The van der Waals surface area contributed by atoms with E-state index in [0.29, 0.717) is 11.3 Å². The molecule has 0 unspecified atom stereocenters. The van der Waals surface area contributed by atoms with Crippen LogP contribution in [0.4, 0.5) is 10.1 Å². The topological polar surface area (TPSA) is 86.8 Å². The van der Waals surface area contributed by atoms with Crippen LogP contribution in [0.5, 0.6) is 0 Å². The molecule has 0 fully saturated rings. The van der Waals surface area contributed by atoms with Crippen LogP contribution in [0.25, 0.3) is 0 Å². The number of hydrogen-bond donors (Lipinski definition) is 1. The van der Waals surface area contributed by atoms with Gasteiger partial charge in [0.15, 0.2) is 0 Å². The first kappa shape index (κ1) is 32.4. The van der Waals surface area contributed by atoms with Crippen molar-refractivity contribution >= 4 is 27.5 Å². The van der Waals surface area contributed by atoms with Crippen molar-refractivity contribution in [3.8, 4) is 0 Å². The van der Waals surface area contributed by atoms with Crippen LogP contribution >= 0.6 is 0 Å². The number of amides is 2. The molecule has 4 rings (SSSR count). The molecule has 1 atom stereocenters. The predicted molar refractivity (Wildman–Crippen MR) is 171 cm³/mol. The van der Waals surface area contributed by atoms with Crippen LogP contribution in [0.3, 0.4) is 0 Å². The molecular formula is C35H38FN3O4S. The van der Waals surface area contributed by atoms with Crippen molar-refractivity contribution < 1.29 is 22.4 Å². The second-order valence-corrected chi connectivity index (χ2v) is 13.0. The Hall–Kier alpha value is -4.50. The monoisotopic (exact) mass is 615 g/mol. The van der Waals surface area contributed by atoms with Crippen molar-refractivity contribution in [2.75, 3.05) is 10.8 Å². The van der Waals surface area contributed by atoms with Crippen LogP contribution in [0.1, 0.15) is 36.1 Å². The molecule has 0 spiro atoms. The fraction of sp³-hybridized carbons (Fsp3) is 0.257. The molecule has 0 aromatic heterocycles. The number of carbonyl (C=O) groups is 2. The number of aryl methyl sites for hydroxylation is 2. The molecule has 2 amide bonds. The van der Waals surface area contributed by atoms with Crippen LogP contribution in [0, 0.1) is 19.7 Å². The molecule has 4 aromatic carbocycles. The molecule has 0 heterocycles. The fourth-order valence-corrected chi connectivity index (χ4v) is 6.56. The van der Waals surface area contributed by atoms with E-state index < -0.39 is 40.2 Å². The lowest BCUT2D eigenvalue weighted by Gasteiger charge is -2.34. The first-order valence-electron chi connectivity index (χ1n) is 14.5. The summed E-state index contributed by atoms with van der Waals surface area (Å²) in [6.45, 7) is 6.47. The number of hydrogen-bond acceptors (Lipinski definition) is 4. The smallest absolute Gasteiger partial charge is 0.264 e. The van der Waals surface area contributed by atoms with Crippen molar-refractivity contribution in [3.05, 3.63) is 131 Å². The van der Waals surface area contributed by atoms with Gasteiger partial charge in [-0.05, 0) is 63.1 Å². The van der Waals surface area contributed by atoms with E-state index in [1.807, 2.05) is 57.2 Å². The van der Waals surface area contributed by atoms with E-state index in [1.165, 1.54) is 23.1 Å². The zero-order valence-corrected chi connectivity index (χ0v) is 26.2. The molecule has 0 aliphatic carbocycles. The molecule has 0 bridgehead atoms. The molecule has 0 saturated carbocycles. The Morgan fingerprint density at radius 1 is 0.841 bits per heavy atom. The van der Waals surface area contributed by atoms with Gasteiger partial charge in [-0.2, -0.15) is 0 Å². The molecule has 0 radical (unpaired) electrons. The van der Waals surface area contributed by atoms with E-state index in [9.17, 15) is 22.4 Å². The summed E-state index contributed by atoms with van der Waals surface area (Å²) in [5.41, 5.74) is 2.94. The average Bonchev–Trinajstić information content (AvgIpc) is 2.99. The fourth-order valence-electron chi connectivity index (χ4n) is 5.06. The van der Waals surface area contributed by atoms with Crippen LogP contribution in [0.15, 0.2) is 108 Å². The highest BCUT2D eigenvalue weighted by atomic mass is 32.2. The van der Waals surface area contributed by atoms with Gasteiger partial charge in [0.05, 0.1) is 10.6 Å². The summed E-state index contributed by atoms with van der Waals surface area (Å²) in [5.74, 6) is -1.60. The van der Waals surface area contributed by atoms with Gasteiger partial charge in [0.25, 0.3) is 10.0 Å². The Bertz CT molecular complexity index is 1700. The number of carbonyl (C=O) groups excluding carboxylic acids is 2. The summed E-state index contributed by atoms with van der Waals surface area (Å²) in [4.78, 5) is 29.5. The predicted octanol–water partition coefficient (Wildman–Crippen LogP) is 5.80. The Morgan fingerprint density at radius 2 is 1.45 bits per heavy atom. The average molecular weight is 616 g/mol. The number of anilines is 1. The van der Waals surface area contributed by atoms with Gasteiger partial charge in [0.1, 0.15) is 18.4 Å². The lowest BCUT2D eigenvalue weighted by molar-refractivity contribution is -0.140. The normalized spacial score (nSPS) is 12.0. The summed E-state index contributed by atoms with van der Waals surface area (Å²) < 4.78 is 44.3. The maximum absolute atomic E-state index is 15.0. The second-order valence-electron chi connectivity index (χ2n) is 11.1. The van der Waals surface area contributed by atoms with Crippen LogP contribution < -0.4 is 9.62 Å². The second kappa shape index (κ2) is 14.3. The molecule has 44 heavy (non-hydrogen) atoms. The first-order valence-corrected chi connectivity index (χ1v) is 15.9. The lowest BCUT2D eigenvalue weighted by atomic mass is 10.0. The van der Waals surface area contributed by atoms with Crippen LogP contribution in [0.2, 0.25) is 0 Å². The minimum absolute atomic E-state index is 0.0202. The summed E-state index contributed by atoms with van der Waals surface area (Å²) >= 11 is 0. The Labute approximate surface area is 259 Å². The number of benzene rings is 4. The molecule has 4 aromatic rings.